The van der Waals surface area contributed by atoms with E-state index in [0.717, 1.165) is 18.5 Å². The molecular formula is C14H25N3O2. The molecule has 0 radical (unpaired) electrons. The van der Waals surface area contributed by atoms with E-state index in [-0.39, 0.29) is 17.9 Å². The van der Waals surface area contributed by atoms with Crippen molar-refractivity contribution in [3.8, 4) is 0 Å². The minimum absolute atomic E-state index is 0.00942. The van der Waals surface area contributed by atoms with Crippen LogP contribution in [-0.2, 0) is 6.54 Å². The van der Waals surface area contributed by atoms with E-state index in [2.05, 4.69) is 24.3 Å². The predicted octanol–water partition coefficient (Wildman–Crippen LogP) is 1.74. The molecule has 0 spiro atoms. The highest BCUT2D eigenvalue weighted by molar-refractivity contribution is 5.92. The molecule has 1 aromatic rings. The molecule has 0 aliphatic carbocycles. The molecule has 1 amide bonds. The summed E-state index contributed by atoms with van der Waals surface area (Å²) in [5, 5.41) is 16.1. The quantitative estimate of drug-likeness (QED) is 0.790. The second-order valence-electron chi connectivity index (χ2n) is 5.66. The minimum atomic E-state index is -0.0838. The molecule has 5 nitrogen and oxygen atoms in total. The normalized spacial score (nSPS) is 11.6. The van der Waals surface area contributed by atoms with Gasteiger partial charge in [0.15, 0.2) is 0 Å². The van der Waals surface area contributed by atoms with E-state index in [4.69, 9.17) is 5.11 Å². The van der Waals surface area contributed by atoms with Crippen LogP contribution in [-0.4, -0.2) is 33.9 Å². The second kappa shape index (κ2) is 6.70. The van der Waals surface area contributed by atoms with Gasteiger partial charge in [-0.25, -0.2) is 0 Å². The Morgan fingerprint density at radius 1 is 1.53 bits per heavy atom. The number of carbonyl (C=O) groups is 1. The molecule has 0 fully saturated rings. The van der Waals surface area contributed by atoms with Crippen LogP contribution in [0.25, 0.3) is 0 Å². The number of rotatable bonds is 7. The van der Waals surface area contributed by atoms with Crippen LogP contribution in [0.3, 0.4) is 0 Å². The van der Waals surface area contributed by atoms with Gasteiger partial charge < -0.3 is 10.4 Å². The average molecular weight is 267 g/mol. The highest BCUT2D eigenvalue weighted by Crippen LogP contribution is 2.20. The Morgan fingerprint density at radius 2 is 2.21 bits per heavy atom. The molecule has 1 aromatic heterocycles. The van der Waals surface area contributed by atoms with Crippen LogP contribution in [0.15, 0.2) is 6.07 Å². The smallest absolute Gasteiger partial charge is 0.269 e. The molecule has 19 heavy (non-hydrogen) atoms. The molecule has 2 N–H and O–H groups in total. The largest absolute Gasteiger partial charge is 0.396 e. The first-order valence-corrected chi connectivity index (χ1v) is 6.83. The summed E-state index contributed by atoms with van der Waals surface area (Å²) < 4.78 is 1.71. The number of hydrogen-bond donors (Lipinski definition) is 2. The molecule has 0 aliphatic rings. The van der Waals surface area contributed by atoms with Crippen molar-refractivity contribution in [2.45, 2.75) is 47.1 Å². The molecule has 0 saturated carbocycles. The summed E-state index contributed by atoms with van der Waals surface area (Å²) in [5.41, 5.74) is 1.45. The Labute approximate surface area is 115 Å². The van der Waals surface area contributed by atoms with E-state index in [1.54, 1.807) is 10.7 Å². The maximum Gasteiger partial charge on any atom is 0.269 e. The van der Waals surface area contributed by atoms with Gasteiger partial charge in [-0.1, -0.05) is 13.8 Å². The lowest BCUT2D eigenvalue weighted by atomic mass is 9.88. The third kappa shape index (κ3) is 4.67. The highest BCUT2D eigenvalue weighted by atomic mass is 16.2. The predicted molar refractivity (Wildman–Crippen MR) is 75.1 cm³/mol. The van der Waals surface area contributed by atoms with Gasteiger partial charge in [0, 0.05) is 19.7 Å². The van der Waals surface area contributed by atoms with Crippen molar-refractivity contribution in [2.24, 2.45) is 5.41 Å². The number of hydrogen-bond acceptors (Lipinski definition) is 3. The Hall–Kier alpha value is -1.36. The van der Waals surface area contributed by atoms with Crippen LogP contribution in [0.4, 0.5) is 0 Å². The van der Waals surface area contributed by atoms with Crippen LogP contribution >= 0.6 is 0 Å². The van der Waals surface area contributed by atoms with Crippen molar-refractivity contribution in [1.29, 1.82) is 0 Å². The van der Waals surface area contributed by atoms with Gasteiger partial charge in [0.05, 0.1) is 5.69 Å². The number of aliphatic hydroxyl groups is 1. The molecule has 1 rings (SSSR count). The number of aryl methyl sites for hydroxylation is 2. The van der Waals surface area contributed by atoms with Crippen LogP contribution in [0, 0.1) is 12.3 Å². The average Bonchev–Trinajstić information content (AvgIpc) is 2.75. The Morgan fingerprint density at radius 3 is 2.79 bits per heavy atom. The van der Waals surface area contributed by atoms with Crippen LogP contribution in [0.1, 0.15) is 49.8 Å². The Kier molecular flexibility index (Phi) is 5.54. The lowest BCUT2D eigenvalue weighted by Crippen LogP contribution is -2.35. The van der Waals surface area contributed by atoms with Gasteiger partial charge in [0.25, 0.3) is 5.91 Å². The first-order chi connectivity index (χ1) is 8.89. The fourth-order valence-corrected chi connectivity index (χ4v) is 2.03. The standard InChI is InChI=1S/C14H25N3O2/c1-5-17-12(9-11(2)16-17)13(19)15-10-14(3,4)7-6-8-18/h9,18H,5-8,10H2,1-4H3,(H,15,19). The van der Waals surface area contributed by atoms with E-state index in [1.807, 2.05) is 13.8 Å². The summed E-state index contributed by atoms with van der Waals surface area (Å²) in [6.07, 6.45) is 1.64. The number of amides is 1. The number of carbonyl (C=O) groups excluding carboxylic acids is 1. The number of nitrogens with one attached hydrogen (secondary N) is 1. The van der Waals surface area contributed by atoms with Crippen LogP contribution in [0.2, 0.25) is 0 Å². The van der Waals surface area contributed by atoms with E-state index < -0.39 is 0 Å². The fourth-order valence-electron chi connectivity index (χ4n) is 2.03. The highest BCUT2D eigenvalue weighted by Gasteiger charge is 2.20. The van der Waals surface area contributed by atoms with Crippen LogP contribution in [0.5, 0.6) is 0 Å². The van der Waals surface area contributed by atoms with Gasteiger partial charge in [-0.2, -0.15) is 5.10 Å². The minimum Gasteiger partial charge on any atom is -0.396 e. The Bertz CT molecular complexity index is 424. The summed E-state index contributed by atoms with van der Waals surface area (Å²) in [4.78, 5) is 12.1. The van der Waals surface area contributed by atoms with Crippen molar-refractivity contribution in [3.63, 3.8) is 0 Å². The third-order valence-corrected chi connectivity index (χ3v) is 3.17. The molecule has 0 aromatic carbocycles. The first-order valence-electron chi connectivity index (χ1n) is 6.83. The maximum absolute atomic E-state index is 12.1. The lowest BCUT2D eigenvalue weighted by molar-refractivity contribution is 0.0922. The van der Waals surface area contributed by atoms with Gasteiger partial charge >= 0.3 is 0 Å². The summed E-state index contributed by atoms with van der Waals surface area (Å²) in [6, 6.07) is 1.81. The molecule has 1 heterocycles. The van der Waals surface area contributed by atoms with Gasteiger partial charge in [-0.05, 0) is 38.2 Å². The molecule has 108 valence electrons. The van der Waals surface area contributed by atoms with Gasteiger partial charge in [0.2, 0.25) is 0 Å². The van der Waals surface area contributed by atoms with Crippen molar-refractivity contribution in [2.75, 3.05) is 13.2 Å². The van der Waals surface area contributed by atoms with E-state index in [1.165, 1.54) is 0 Å². The zero-order valence-corrected chi connectivity index (χ0v) is 12.4. The molecule has 0 bridgehead atoms. The van der Waals surface area contributed by atoms with E-state index in [9.17, 15) is 4.79 Å². The molecule has 0 aliphatic heterocycles. The summed E-state index contributed by atoms with van der Waals surface area (Å²) in [7, 11) is 0. The zero-order chi connectivity index (χ0) is 14.5. The van der Waals surface area contributed by atoms with Gasteiger partial charge in [-0.15, -0.1) is 0 Å². The molecule has 0 saturated heterocycles. The molecule has 0 unspecified atom stereocenters. The lowest BCUT2D eigenvalue weighted by Gasteiger charge is -2.24. The van der Waals surface area contributed by atoms with Crippen molar-refractivity contribution < 1.29 is 9.90 Å². The van der Waals surface area contributed by atoms with Gasteiger partial charge in [-0.3, -0.25) is 9.48 Å². The molecule has 5 heteroatoms. The second-order valence-corrected chi connectivity index (χ2v) is 5.66. The fraction of sp³-hybridized carbons (Fsp3) is 0.714. The molecule has 0 atom stereocenters. The number of aromatic nitrogens is 2. The number of nitrogens with zero attached hydrogens (tertiary/aromatic N) is 2. The summed E-state index contributed by atoms with van der Waals surface area (Å²) in [6.45, 7) is 9.50. The maximum atomic E-state index is 12.1. The van der Waals surface area contributed by atoms with E-state index >= 15 is 0 Å². The summed E-state index contributed by atoms with van der Waals surface area (Å²) >= 11 is 0. The monoisotopic (exact) mass is 267 g/mol. The van der Waals surface area contributed by atoms with Crippen molar-refractivity contribution >= 4 is 5.91 Å². The van der Waals surface area contributed by atoms with Crippen LogP contribution < -0.4 is 5.32 Å². The number of aliphatic hydroxyl groups excluding tert-OH is 1. The van der Waals surface area contributed by atoms with E-state index in [0.29, 0.717) is 18.8 Å². The van der Waals surface area contributed by atoms with Gasteiger partial charge in [0.1, 0.15) is 5.69 Å². The Balaban J connectivity index is 2.60. The topological polar surface area (TPSA) is 67.2 Å². The van der Waals surface area contributed by atoms with Crippen molar-refractivity contribution in [1.82, 2.24) is 15.1 Å². The first kappa shape index (κ1) is 15.7. The molecular weight excluding hydrogens is 242 g/mol. The summed E-state index contributed by atoms with van der Waals surface area (Å²) in [5.74, 6) is -0.0838. The SMILES string of the molecule is CCn1nc(C)cc1C(=O)NCC(C)(C)CCCO. The zero-order valence-electron chi connectivity index (χ0n) is 12.4. The van der Waals surface area contributed by atoms with Crippen molar-refractivity contribution in [3.05, 3.63) is 17.5 Å². The third-order valence-electron chi connectivity index (χ3n) is 3.17.